The molecule has 1 aliphatic heterocycles. The summed E-state index contributed by atoms with van der Waals surface area (Å²) in [7, 11) is 1.61. The van der Waals surface area contributed by atoms with E-state index in [1.54, 1.807) is 7.11 Å². The number of carbonyl (C=O) groups is 1. The van der Waals surface area contributed by atoms with Crippen molar-refractivity contribution in [1.82, 2.24) is 10.3 Å². The van der Waals surface area contributed by atoms with Gasteiger partial charge in [0.05, 0.1) is 5.56 Å². The molecule has 3 rings (SSSR count). The van der Waals surface area contributed by atoms with Gasteiger partial charge in [-0.1, -0.05) is 12.1 Å². The second kappa shape index (κ2) is 8.32. The first-order valence-electron chi connectivity index (χ1n) is 8.82. The van der Waals surface area contributed by atoms with E-state index in [1.165, 1.54) is 0 Å². The Morgan fingerprint density at radius 1 is 1.41 bits per heavy atom. The average Bonchev–Trinajstić information content (AvgIpc) is 3.03. The van der Waals surface area contributed by atoms with Gasteiger partial charge in [-0.05, 0) is 31.0 Å². The van der Waals surface area contributed by atoms with Crippen molar-refractivity contribution in [1.29, 1.82) is 0 Å². The molecule has 27 heavy (non-hydrogen) atoms. The molecule has 0 radical (unpaired) electrons. The number of methoxy groups -OCH3 is 1. The Hall–Kier alpha value is -2.71. The number of halogens is 1. The molecule has 144 valence electrons. The number of aryl methyl sites for hydroxylation is 1. The molecule has 1 aromatic carbocycles. The van der Waals surface area contributed by atoms with E-state index in [0.29, 0.717) is 31.0 Å². The second-order valence-corrected chi connectivity index (χ2v) is 6.58. The van der Waals surface area contributed by atoms with Crippen LogP contribution in [0.25, 0.3) is 0 Å². The molecular formula is C19H24FN5O2. The van der Waals surface area contributed by atoms with Crippen LogP contribution in [-0.2, 0) is 11.3 Å². The van der Waals surface area contributed by atoms with Crippen LogP contribution < -0.4 is 21.7 Å². The molecule has 1 aromatic heterocycles. The number of nitrogens with zero attached hydrogens (tertiary/aromatic N) is 1. The Morgan fingerprint density at radius 2 is 2.22 bits per heavy atom. The maximum Gasteiger partial charge on any atom is 0.255 e. The summed E-state index contributed by atoms with van der Waals surface area (Å²) in [5, 5.41) is 8.75. The van der Waals surface area contributed by atoms with Gasteiger partial charge in [-0.2, -0.15) is 0 Å². The highest BCUT2D eigenvalue weighted by atomic mass is 19.1. The second-order valence-electron chi connectivity index (χ2n) is 6.58. The molecule has 1 aliphatic rings. The van der Waals surface area contributed by atoms with E-state index < -0.39 is 5.82 Å². The number of nitrogens with two attached hydrogens (primary N) is 1. The number of anilines is 3. The molecule has 8 heteroatoms. The first-order chi connectivity index (χ1) is 13.0. The van der Waals surface area contributed by atoms with E-state index in [0.717, 1.165) is 11.3 Å². The van der Waals surface area contributed by atoms with Crippen molar-refractivity contribution in [3.8, 4) is 0 Å². The van der Waals surface area contributed by atoms with Gasteiger partial charge in [0.2, 0.25) is 0 Å². The number of benzene rings is 1. The van der Waals surface area contributed by atoms with Crippen LogP contribution in [0.3, 0.4) is 0 Å². The normalized spacial score (nSPS) is 13.9. The first-order valence-corrected chi connectivity index (χ1v) is 8.82. The predicted octanol–water partition coefficient (Wildman–Crippen LogP) is 2.29. The molecular weight excluding hydrogens is 349 g/mol. The van der Waals surface area contributed by atoms with Crippen molar-refractivity contribution in [3.05, 3.63) is 46.8 Å². The molecule has 1 atom stereocenters. The van der Waals surface area contributed by atoms with E-state index in [9.17, 15) is 9.18 Å². The van der Waals surface area contributed by atoms with Crippen LogP contribution in [0, 0.1) is 12.7 Å². The van der Waals surface area contributed by atoms with Crippen LogP contribution in [0.15, 0.2) is 24.3 Å². The SMILES string of the molecule is COCC[C@H](N)CNc1nc(Nc2cccc(C)c2)c2c(c1F)CNC2=O. The Kier molecular flexibility index (Phi) is 5.88. The van der Waals surface area contributed by atoms with Gasteiger partial charge in [0.25, 0.3) is 5.91 Å². The molecule has 0 aliphatic carbocycles. The van der Waals surface area contributed by atoms with Crippen LogP contribution >= 0.6 is 0 Å². The van der Waals surface area contributed by atoms with E-state index in [4.69, 9.17) is 10.5 Å². The number of fused-ring (bicyclic) bond motifs is 1. The molecule has 0 saturated heterocycles. The molecule has 2 heterocycles. The van der Waals surface area contributed by atoms with Crippen molar-refractivity contribution in [2.24, 2.45) is 5.73 Å². The summed E-state index contributed by atoms with van der Waals surface area (Å²) < 4.78 is 19.8. The quantitative estimate of drug-likeness (QED) is 0.566. The van der Waals surface area contributed by atoms with E-state index >= 15 is 0 Å². The summed E-state index contributed by atoms with van der Waals surface area (Å²) in [6.45, 7) is 2.98. The van der Waals surface area contributed by atoms with Gasteiger partial charge in [-0.3, -0.25) is 4.79 Å². The van der Waals surface area contributed by atoms with Crippen LogP contribution in [0.1, 0.15) is 27.9 Å². The Labute approximate surface area is 157 Å². The summed E-state index contributed by atoms with van der Waals surface area (Å²) in [6, 6.07) is 7.46. The minimum Gasteiger partial charge on any atom is -0.385 e. The Balaban J connectivity index is 1.88. The molecule has 0 spiro atoms. The zero-order valence-corrected chi connectivity index (χ0v) is 15.4. The highest BCUT2D eigenvalue weighted by molar-refractivity contribution is 6.03. The van der Waals surface area contributed by atoms with Crippen LogP contribution in [-0.4, -0.2) is 37.2 Å². The maximum absolute atomic E-state index is 14.8. The average molecular weight is 373 g/mol. The lowest BCUT2D eigenvalue weighted by atomic mass is 10.1. The fraction of sp³-hybridized carbons (Fsp3) is 0.368. The lowest BCUT2D eigenvalue weighted by Crippen LogP contribution is -2.31. The summed E-state index contributed by atoms with van der Waals surface area (Å²) in [5.74, 6) is -0.472. The summed E-state index contributed by atoms with van der Waals surface area (Å²) in [6.07, 6.45) is 0.643. The van der Waals surface area contributed by atoms with Crippen LogP contribution in [0.2, 0.25) is 0 Å². The minimum atomic E-state index is -0.530. The zero-order valence-electron chi connectivity index (χ0n) is 15.4. The van der Waals surface area contributed by atoms with Crippen molar-refractivity contribution >= 4 is 23.2 Å². The maximum atomic E-state index is 14.8. The molecule has 1 amide bonds. The number of hydrogen-bond acceptors (Lipinski definition) is 6. The number of carbonyl (C=O) groups excluding carboxylic acids is 1. The van der Waals surface area contributed by atoms with Crippen molar-refractivity contribution in [2.75, 3.05) is 30.9 Å². The van der Waals surface area contributed by atoms with Gasteiger partial charge in [0, 0.05) is 44.1 Å². The number of rotatable bonds is 8. The monoisotopic (exact) mass is 373 g/mol. The van der Waals surface area contributed by atoms with Gasteiger partial charge in [0.15, 0.2) is 11.6 Å². The lowest BCUT2D eigenvalue weighted by molar-refractivity contribution is 0.0966. The largest absolute Gasteiger partial charge is 0.385 e. The summed E-state index contributed by atoms with van der Waals surface area (Å²) in [4.78, 5) is 16.5. The molecule has 7 nitrogen and oxygen atoms in total. The number of aromatic nitrogens is 1. The predicted molar refractivity (Wildman–Crippen MR) is 103 cm³/mol. The number of pyridine rings is 1. The fourth-order valence-corrected chi connectivity index (χ4v) is 2.95. The fourth-order valence-electron chi connectivity index (χ4n) is 2.95. The molecule has 0 unspecified atom stereocenters. The molecule has 0 saturated carbocycles. The topological polar surface area (TPSA) is 101 Å². The van der Waals surface area contributed by atoms with E-state index in [2.05, 4.69) is 20.9 Å². The van der Waals surface area contributed by atoms with Crippen molar-refractivity contribution in [3.63, 3.8) is 0 Å². The van der Waals surface area contributed by atoms with Crippen molar-refractivity contribution in [2.45, 2.75) is 25.9 Å². The minimum absolute atomic E-state index is 0.0771. The van der Waals surface area contributed by atoms with Gasteiger partial charge in [0.1, 0.15) is 5.82 Å². The third-order valence-corrected chi connectivity index (χ3v) is 4.39. The van der Waals surface area contributed by atoms with Gasteiger partial charge in [-0.25, -0.2) is 9.37 Å². The number of hydrogen-bond donors (Lipinski definition) is 4. The summed E-state index contributed by atoms with van der Waals surface area (Å²) >= 11 is 0. The Morgan fingerprint density at radius 3 is 2.96 bits per heavy atom. The number of ether oxygens (including phenoxy) is 1. The lowest BCUT2D eigenvalue weighted by Gasteiger charge is -2.16. The highest BCUT2D eigenvalue weighted by Gasteiger charge is 2.29. The smallest absolute Gasteiger partial charge is 0.255 e. The van der Waals surface area contributed by atoms with E-state index in [-0.39, 0.29) is 29.9 Å². The molecule has 2 aromatic rings. The number of amides is 1. The highest BCUT2D eigenvalue weighted by Crippen LogP contribution is 2.31. The van der Waals surface area contributed by atoms with Gasteiger partial charge < -0.3 is 26.4 Å². The molecule has 0 bridgehead atoms. The van der Waals surface area contributed by atoms with Crippen LogP contribution in [0.4, 0.5) is 21.7 Å². The van der Waals surface area contributed by atoms with E-state index in [1.807, 2.05) is 31.2 Å². The molecule has 5 N–H and O–H groups in total. The third kappa shape index (κ3) is 4.35. The van der Waals surface area contributed by atoms with Crippen LogP contribution in [0.5, 0.6) is 0 Å². The van der Waals surface area contributed by atoms with Gasteiger partial charge in [-0.15, -0.1) is 0 Å². The standard InChI is InChI=1S/C19H24FN5O2/c1-11-4-3-5-13(8-11)24-17-15-14(10-23-19(15)26)16(20)18(25-17)22-9-12(21)6-7-27-2/h3-5,8,12H,6-7,9-10,21H2,1-2H3,(H,23,26)(H2,22,24,25)/t12-/m0/s1. The number of nitrogens with one attached hydrogen (secondary N) is 3. The Bertz CT molecular complexity index is 843. The third-order valence-electron chi connectivity index (χ3n) is 4.39. The summed E-state index contributed by atoms with van der Waals surface area (Å²) in [5.41, 5.74) is 8.38. The first kappa shape index (κ1) is 19.1. The van der Waals surface area contributed by atoms with Gasteiger partial charge >= 0.3 is 0 Å². The van der Waals surface area contributed by atoms with Crippen molar-refractivity contribution < 1.29 is 13.9 Å². The molecule has 0 fully saturated rings. The zero-order chi connectivity index (χ0) is 19.4.